The van der Waals surface area contributed by atoms with E-state index in [1.807, 2.05) is 6.07 Å². The van der Waals surface area contributed by atoms with Crippen molar-refractivity contribution in [2.75, 3.05) is 23.7 Å². The minimum absolute atomic E-state index is 0.803. The number of rotatable bonds is 1. The summed E-state index contributed by atoms with van der Waals surface area (Å²) < 4.78 is 0.990. The SMILES string of the molecule is CC1CN(c2ccc(N)c(Br)c2)C1. The molecule has 0 radical (unpaired) electrons. The van der Waals surface area contributed by atoms with Gasteiger partial charge in [-0.2, -0.15) is 0 Å². The van der Waals surface area contributed by atoms with Gasteiger partial charge in [-0.1, -0.05) is 6.92 Å². The molecule has 1 aromatic carbocycles. The third-order valence-corrected chi connectivity index (χ3v) is 3.10. The summed E-state index contributed by atoms with van der Waals surface area (Å²) in [6.07, 6.45) is 0. The molecule has 70 valence electrons. The lowest BCUT2D eigenvalue weighted by atomic mass is 10.0. The van der Waals surface area contributed by atoms with Crippen LogP contribution in [-0.4, -0.2) is 13.1 Å². The molecule has 0 bridgehead atoms. The van der Waals surface area contributed by atoms with Crippen LogP contribution in [0.1, 0.15) is 6.92 Å². The summed E-state index contributed by atoms with van der Waals surface area (Å²) in [5.41, 5.74) is 7.78. The maximum absolute atomic E-state index is 5.71. The van der Waals surface area contributed by atoms with Crippen molar-refractivity contribution in [2.24, 2.45) is 5.92 Å². The lowest BCUT2D eigenvalue weighted by Crippen LogP contribution is -2.45. The summed E-state index contributed by atoms with van der Waals surface area (Å²) in [5, 5.41) is 0. The molecule has 1 aromatic rings. The molecule has 1 fully saturated rings. The van der Waals surface area contributed by atoms with E-state index in [1.54, 1.807) is 0 Å². The number of benzene rings is 1. The summed E-state index contributed by atoms with van der Waals surface area (Å²) in [7, 11) is 0. The van der Waals surface area contributed by atoms with Crippen LogP contribution in [0.3, 0.4) is 0 Å². The molecule has 0 amide bonds. The van der Waals surface area contributed by atoms with E-state index in [2.05, 4.69) is 39.9 Å². The van der Waals surface area contributed by atoms with Crippen LogP contribution in [0.25, 0.3) is 0 Å². The van der Waals surface area contributed by atoms with Gasteiger partial charge in [0.15, 0.2) is 0 Å². The van der Waals surface area contributed by atoms with Crippen LogP contribution >= 0.6 is 15.9 Å². The second-order valence-electron chi connectivity index (χ2n) is 3.72. The van der Waals surface area contributed by atoms with Crippen molar-refractivity contribution in [3.8, 4) is 0 Å². The summed E-state index contributed by atoms with van der Waals surface area (Å²) in [5.74, 6) is 0.830. The maximum atomic E-state index is 5.71. The van der Waals surface area contributed by atoms with Crippen molar-refractivity contribution in [3.05, 3.63) is 22.7 Å². The van der Waals surface area contributed by atoms with Gasteiger partial charge in [-0.05, 0) is 40.0 Å². The fraction of sp³-hybridized carbons (Fsp3) is 0.400. The molecular formula is C10H13BrN2. The Morgan fingerprint density at radius 2 is 2.15 bits per heavy atom. The van der Waals surface area contributed by atoms with E-state index >= 15 is 0 Å². The quantitative estimate of drug-likeness (QED) is 0.765. The number of hydrogen-bond donors (Lipinski definition) is 1. The molecule has 13 heavy (non-hydrogen) atoms. The summed E-state index contributed by atoms with van der Waals surface area (Å²) >= 11 is 3.43. The maximum Gasteiger partial charge on any atom is 0.0460 e. The number of anilines is 2. The zero-order valence-electron chi connectivity index (χ0n) is 7.63. The predicted molar refractivity (Wildman–Crippen MR) is 59.9 cm³/mol. The predicted octanol–water partition coefficient (Wildman–Crippen LogP) is 2.49. The Balaban J connectivity index is 2.18. The zero-order valence-corrected chi connectivity index (χ0v) is 9.21. The van der Waals surface area contributed by atoms with Crippen molar-refractivity contribution < 1.29 is 0 Å². The van der Waals surface area contributed by atoms with Gasteiger partial charge < -0.3 is 10.6 Å². The van der Waals surface area contributed by atoms with Gasteiger partial charge in [0.25, 0.3) is 0 Å². The van der Waals surface area contributed by atoms with Crippen molar-refractivity contribution in [1.29, 1.82) is 0 Å². The third-order valence-electron chi connectivity index (χ3n) is 2.41. The van der Waals surface area contributed by atoms with Crippen LogP contribution in [0.4, 0.5) is 11.4 Å². The van der Waals surface area contributed by atoms with Gasteiger partial charge in [-0.25, -0.2) is 0 Å². The standard InChI is InChI=1S/C10H13BrN2/c1-7-5-13(6-7)8-2-3-10(12)9(11)4-8/h2-4,7H,5-6,12H2,1H3. The van der Waals surface area contributed by atoms with E-state index in [9.17, 15) is 0 Å². The number of nitrogen functional groups attached to an aromatic ring is 1. The first-order valence-electron chi connectivity index (χ1n) is 4.47. The van der Waals surface area contributed by atoms with Crippen LogP contribution in [0.15, 0.2) is 22.7 Å². The van der Waals surface area contributed by atoms with Gasteiger partial charge in [-0.3, -0.25) is 0 Å². The Morgan fingerprint density at radius 3 is 2.69 bits per heavy atom. The van der Waals surface area contributed by atoms with Gasteiger partial charge in [0, 0.05) is 28.9 Å². The molecule has 3 heteroatoms. The smallest absolute Gasteiger partial charge is 0.0460 e. The average Bonchev–Trinajstić information content (AvgIpc) is 2.05. The molecule has 2 N–H and O–H groups in total. The van der Waals surface area contributed by atoms with Crippen molar-refractivity contribution >= 4 is 27.3 Å². The Labute approximate surface area is 86.9 Å². The first-order valence-corrected chi connectivity index (χ1v) is 5.26. The molecule has 2 rings (SSSR count). The molecule has 0 atom stereocenters. The highest BCUT2D eigenvalue weighted by Crippen LogP contribution is 2.29. The highest BCUT2D eigenvalue weighted by Gasteiger charge is 2.22. The van der Waals surface area contributed by atoms with Gasteiger partial charge in [0.2, 0.25) is 0 Å². The van der Waals surface area contributed by atoms with Crippen molar-refractivity contribution in [2.45, 2.75) is 6.92 Å². The summed E-state index contributed by atoms with van der Waals surface area (Å²) in [6.45, 7) is 4.59. The van der Waals surface area contributed by atoms with E-state index in [1.165, 1.54) is 5.69 Å². The first kappa shape index (κ1) is 8.88. The number of nitrogens with two attached hydrogens (primary N) is 1. The molecule has 1 aliphatic heterocycles. The molecule has 0 aliphatic carbocycles. The van der Waals surface area contributed by atoms with Crippen LogP contribution in [-0.2, 0) is 0 Å². The van der Waals surface area contributed by atoms with E-state index in [0.29, 0.717) is 0 Å². The van der Waals surface area contributed by atoms with Gasteiger partial charge in [0.05, 0.1) is 0 Å². The second kappa shape index (κ2) is 3.22. The Morgan fingerprint density at radius 1 is 1.46 bits per heavy atom. The molecular weight excluding hydrogens is 228 g/mol. The lowest BCUT2D eigenvalue weighted by Gasteiger charge is -2.39. The van der Waals surface area contributed by atoms with E-state index in [4.69, 9.17) is 5.73 Å². The molecule has 1 aliphatic rings. The summed E-state index contributed by atoms with van der Waals surface area (Å²) in [4.78, 5) is 2.36. The average molecular weight is 241 g/mol. The molecule has 0 aromatic heterocycles. The van der Waals surface area contributed by atoms with Gasteiger partial charge in [-0.15, -0.1) is 0 Å². The summed E-state index contributed by atoms with van der Waals surface area (Å²) in [6, 6.07) is 6.11. The van der Waals surface area contributed by atoms with Crippen molar-refractivity contribution in [3.63, 3.8) is 0 Å². The number of nitrogens with zero attached hydrogens (tertiary/aromatic N) is 1. The second-order valence-corrected chi connectivity index (χ2v) is 4.57. The molecule has 0 unspecified atom stereocenters. The topological polar surface area (TPSA) is 29.3 Å². The number of halogens is 1. The Bertz CT molecular complexity index is 319. The largest absolute Gasteiger partial charge is 0.398 e. The van der Waals surface area contributed by atoms with E-state index in [0.717, 1.165) is 29.2 Å². The fourth-order valence-electron chi connectivity index (χ4n) is 1.62. The highest BCUT2D eigenvalue weighted by molar-refractivity contribution is 9.10. The zero-order chi connectivity index (χ0) is 9.42. The first-order chi connectivity index (χ1) is 6.16. The highest BCUT2D eigenvalue weighted by atomic mass is 79.9. The van der Waals surface area contributed by atoms with Crippen molar-refractivity contribution in [1.82, 2.24) is 0 Å². The van der Waals surface area contributed by atoms with Crippen LogP contribution in [0.2, 0.25) is 0 Å². The molecule has 0 spiro atoms. The normalized spacial score (nSPS) is 17.2. The minimum atomic E-state index is 0.803. The molecule has 2 nitrogen and oxygen atoms in total. The monoisotopic (exact) mass is 240 g/mol. The van der Waals surface area contributed by atoms with E-state index in [-0.39, 0.29) is 0 Å². The van der Waals surface area contributed by atoms with Crippen LogP contribution in [0, 0.1) is 5.92 Å². The molecule has 1 saturated heterocycles. The Hall–Kier alpha value is -0.700. The molecule has 0 saturated carbocycles. The van der Waals surface area contributed by atoms with Gasteiger partial charge in [0.1, 0.15) is 0 Å². The van der Waals surface area contributed by atoms with Gasteiger partial charge >= 0.3 is 0 Å². The fourth-order valence-corrected chi connectivity index (χ4v) is 1.99. The Kier molecular flexibility index (Phi) is 2.20. The lowest BCUT2D eigenvalue weighted by molar-refractivity contribution is 0.447. The van der Waals surface area contributed by atoms with Crippen LogP contribution < -0.4 is 10.6 Å². The third kappa shape index (κ3) is 1.66. The molecule has 1 heterocycles. The van der Waals surface area contributed by atoms with Crippen LogP contribution in [0.5, 0.6) is 0 Å². The number of hydrogen-bond acceptors (Lipinski definition) is 2. The van der Waals surface area contributed by atoms with E-state index < -0.39 is 0 Å². The minimum Gasteiger partial charge on any atom is -0.398 e.